The molecule has 0 saturated carbocycles. The molecule has 0 aromatic heterocycles. The lowest BCUT2D eigenvalue weighted by Gasteiger charge is -2.20. The lowest BCUT2D eigenvalue weighted by molar-refractivity contribution is -0.143. The van der Waals surface area contributed by atoms with Gasteiger partial charge in [0.15, 0.2) is 0 Å². The summed E-state index contributed by atoms with van der Waals surface area (Å²) in [6.07, 6.45) is -9.34. The molecule has 0 saturated heterocycles. The third-order valence-corrected chi connectivity index (χ3v) is 8.37. The lowest BCUT2D eigenvalue weighted by atomic mass is 10.1. The molecule has 2 aromatic carbocycles. The van der Waals surface area contributed by atoms with Gasteiger partial charge in [0.1, 0.15) is 10.9 Å². The van der Waals surface area contributed by atoms with E-state index in [0.717, 1.165) is 17.8 Å². The van der Waals surface area contributed by atoms with Gasteiger partial charge in [0, 0.05) is 0 Å². The van der Waals surface area contributed by atoms with Crippen LogP contribution in [0.3, 0.4) is 0 Å². The minimum atomic E-state index is -5.31. The van der Waals surface area contributed by atoms with E-state index < -0.39 is 65.3 Å². The van der Waals surface area contributed by atoms with Crippen LogP contribution in [0.25, 0.3) is 0 Å². The molecule has 0 fully saturated rings. The molecule has 0 aliphatic carbocycles. The molecule has 1 amide bonds. The van der Waals surface area contributed by atoms with Gasteiger partial charge >= 0.3 is 12.4 Å². The first-order chi connectivity index (χ1) is 16.9. The van der Waals surface area contributed by atoms with Gasteiger partial charge in [-0.25, -0.2) is 16.8 Å². The summed E-state index contributed by atoms with van der Waals surface area (Å²) in [6, 6.07) is 3.07. The Hall–Kier alpha value is -2.05. The Morgan fingerprint density at radius 2 is 1.49 bits per heavy atom. The number of hydrazine groups is 1. The second-order valence-corrected chi connectivity index (χ2v) is 12.0. The van der Waals surface area contributed by atoms with E-state index >= 15 is 0 Å². The smallest absolute Gasteiger partial charge is 0.276 e. The number of rotatable bonds is 10. The number of alkyl halides is 6. The van der Waals surface area contributed by atoms with E-state index in [1.54, 1.807) is 21.2 Å². The molecule has 37 heavy (non-hydrogen) atoms. The topological polar surface area (TPSA) is 121 Å². The van der Waals surface area contributed by atoms with Gasteiger partial charge in [-0.3, -0.25) is 10.2 Å². The van der Waals surface area contributed by atoms with Crippen molar-refractivity contribution >= 4 is 49.3 Å². The maximum absolute atomic E-state index is 13.1. The Labute approximate surface area is 217 Å². The van der Waals surface area contributed by atoms with Gasteiger partial charge in [-0.15, -0.1) is 4.83 Å². The van der Waals surface area contributed by atoms with Crippen molar-refractivity contribution in [2.75, 3.05) is 12.0 Å². The molecule has 206 valence electrons. The molecular formula is C19H18ClF6N3O5S3. The highest BCUT2D eigenvalue weighted by atomic mass is 35.5. The number of hydrogen-bond donors (Lipinski definition) is 3. The summed E-state index contributed by atoms with van der Waals surface area (Å²) >= 11 is 6.95. The zero-order chi connectivity index (χ0) is 28.2. The zero-order valence-corrected chi connectivity index (χ0v) is 21.7. The number of carbonyl (C=O) groups is 1. The first kappa shape index (κ1) is 31.2. The molecule has 0 aliphatic rings. The lowest BCUT2D eigenvalue weighted by Crippen LogP contribution is -2.52. The normalized spacial score (nSPS) is 13.8. The summed E-state index contributed by atoms with van der Waals surface area (Å²) in [4.78, 5) is 12.5. The first-order valence-electron chi connectivity index (χ1n) is 9.75. The van der Waals surface area contributed by atoms with Crippen LogP contribution in [0.5, 0.6) is 0 Å². The third-order valence-electron chi connectivity index (χ3n) is 4.53. The maximum atomic E-state index is 13.1. The SMILES string of the molecule is CSCC[C@@H](NS(=O)(=O)c1cc(C(F)(F)F)cc(C(F)(F)F)c1)C(=O)NNS(=O)(=O)c1ccccc1Cl. The average Bonchev–Trinajstić information content (AvgIpc) is 2.79. The van der Waals surface area contributed by atoms with E-state index in [1.165, 1.54) is 18.2 Å². The van der Waals surface area contributed by atoms with Gasteiger partial charge in [0.25, 0.3) is 15.9 Å². The Morgan fingerprint density at radius 3 is 1.97 bits per heavy atom. The monoisotopic (exact) mass is 613 g/mol. The highest BCUT2D eigenvalue weighted by Gasteiger charge is 2.39. The number of nitrogens with one attached hydrogen (secondary N) is 3. The molecule has 3 N–H and O–H groups in total. The van der Waals surface area contributed by atoms with E-state index in [4.69, 9.17) is 11.6 Å². The van der Waals surface area contributed by atoms with Gasteiger partial charge in [0.2, 0.25) is 10.0 Å². The van der Waals surface area contributed by atoms with Crippen LogP contribution in [-0.2, 0) is 37.2 Å². The number of halogens is 7. The summed E-state index contributed by atoms with van der Waals surface area (Å²) < 4.78 is 131. The largest absolute Gasteiger partial charge is 0.416 e. The summed E-state index contributed by atoms with van der Waals surface area (Å²) in [5, 5.41) is -0.200. The molecule has 0 spiro atoms. The fourth-order valence-electron chi connectivity index (χ4n) is 2.74. The Bertz CT molecular complexity index is 1320. The molecule has 8 nitrogen and oxygen atoms in total. The predicted octanol–water partition coefficient (Wildman–Crippen LogP) is 3.79. The Kier molecular flexibility index (Phi) is 9.92. The first-order valence-corrected chi connectivity index (χ1v) is 14.5. The molecule has 0 unspecified atom stereocenters. The Balaban J connectivity index is 2.36. The predicted molar refractivity (Wildman–Crippen MR) is 123 cm³/mol. The fourth-order valence-corrected chi connectivity index (χ4v) is 5.88. The van der Waals surface area contributed by atoms with Crippen LogP contribution < -0.4 is 15.0 Å². The van der Waals surface area contributed by atoms with Gasteiger partial charge < -0.3 is 0 Å². The van der Waals surface area contributed by atoms with Gasteiger partial charge in [0.05, 0.1) is 21.0 Å². The third kappa shape index (κ3) is 8.47. The van der Waals surface area contributed by atoms with E-state index in [0.29, 0.717) is 0 Å². The van der Waals surface area contributed by atoms with Crippen molar-refractivity contribution in [3.63, 3.8) is 0 Å². The quantitative estimate of drug-likeness (QED) is 0.277. The van der Waals surface area contributed by atoms with Crippen LogP contribution in [-0.4, -0.2) is 40.8 Å². The number of benzene rings is 2. The minimum absolute atomic E-state index is 0.0127. The summed E-state index contributed by atoms with van der Waals surface area (Å²) in [6.45, 7) is 0. The summed E-state index contributed by atoms with van der Waals surface area (Å²) in [5.74, 6) is -1.18. The number of amides is 1. The average molecular weight is 614 g/mol. The molecule has 18 heteroatoms. The van der Waals surface area contributed by atoms with Gasteiger partial charge in [-0.1, -0.05) is 23.7 Å². The molecule has 1 atom stereocenters. The van der Waals surface area contributed by atoms with E-state index in [-0.39, 0.29) is 35.4 Å². The van der Waals surface area contributed by atoms with Crippen LogP contribution in [0, 0.1) is 0 Å². The summed E-state index contributed by atoms with van der Waals surface area (Å²) in [5.41, 5.74) is -1.98. The van der Waals surface area contributed by atoms with E-state index in [2.05, 4.69) is 0 Å². The van der Waals surface area contributed by atoms with E-state index in [1.807, 2.05) is 0 Å². The van der Waals surface area contributed by atoms with Crippen molar-refractivity contribution in [2.24, 2.45) is 0 Å². The van der Waals surface area contributed by atoms with Crippen molar-refractivity contribution in [3.8, 4) is 0 Å². The number of carbonyl (C=O) groups excluding carboxylic acids is 1. The van der Waals surface area contributed by atoms with Crippen molar-refractivity contribution in [2.45, 2.75) is 34.6 Å². The molecule has 0 heterocycles. The Morgan fingerprint density at radius 1 is 0.946 bits per heavy atom. The van der Waals surface area contributed by atoms with Crippen molar-refractivity contribution in [3.05, 3.63) is 58.6 Å². The molecule has 2 aromatic rings. The highest BCUT2D eigenvalue weighted by Crippen LogP contribution is 2.37. The van der Waals surface area contributed by atoms with Gasteiger partial charge in [-0.05, 0) is 48.8 Å². The van der Waals surface area contributed by atoms with Crippen LogP contribution >= 0.6 is 23.4 Å². The molecule has 0 aliphatic heterocycles. The molecule has 0 radical (unpaired) electrons. The number of sulfonamides is 2. The van der Waals surface area contributed by atoms with Crippen molar-refractivity contribution in [1.29, 1.82) is 0 Å². The molecule has 0 bridgehead atoms. The minimum Gasteiger partial charge on any atom is -0.276 e. The van der Waals surface area contributed by atoms with Crippen molar-refractivity contribution < 1.29 is 48.0 Å². The zero-order valence-electron chi connectivity index (χ0n) is 18.4. The van der Waals surface area contributed by atoms with Crippen LogP contribution in [0.4, 0.5) is 26.3 Å². The molecule has 2 rings (SSSR count). The highest BCUT2D eigenvalue weighted by molar-refractivity contribution is 7.98. The van der Waals surface area contributed by atoms with Gasteiger partial charge in [-0.2, -0.15) is 42.8 Å². The number of hydrogen-bond acceptors (Lipinski definition) is 6. The maximum Gasteiger partial charge on any atom is 0.416 e. The van der Waals surface area contributed by atoms with Crippen molar-refractivity contribution in [1.82, 2.24) is 15.0 Å². The van der Waals surface area contributed by atoms with Crippen LogP contribution in [0.1, 0.15) is 17.5 Å². The van der Waals surface area contributed by atoms with Crippen LogP contribution in [0.2, 0.25) is 5.02 Å². The second kappa shape index (κ2) is 11.8. The second-order valence-electron chi connectivity index (χ2n) is 7.22. The fraction of sp³-hybridized carbons (Fsp3) is 0.316. The van der Waals surface area contributed by atoms with Crippen LogP contribution in [0.15, 0.2) is 52.3 Å². The number of thioether (sulfide) groups is 1. The molecular weight excluding hydrogens is 596 g/mol. The standard InChI is InChI=1S/C19H18ClF6N3O5S3/c1-35-7-6-15(17(30)27-29-37(33,34)16-5-3-2-4-14(16)20)28-36(31,32)13-9-11(18(21,22)23)8-12(10-13)19(24,25)26/h2-5,8-10,15,28-29H,6-7H2,1H3,(H,27,30)/t15-/m1/s1. The van der Waals surface area contributed by atoms with E-state index in [9.17, 15) is 48.0 Å². The summed E-state index contributed by atoms with van der Waals surface area (Å²) in [7, 11) is -9.56.